The molecule has 0 aliphatic carbocycles. The number of rotatable bonds is 18. The number of sulfonamides is 2. The van der Waals surface area contributed by atoms with Crippen LogP contribution < -0.4 is 9.44 Å². The number of anilines is 2. The zero-order chi connectivity index (χ0) is 61.2. The predicted octanol–water partition coefficient (Wildman–Crippen LogP) is 11.5. The summed E-state index contributed by atoms with van der Waals surface area (Å²) in [7, 11) is -25.1. The average molecular weight is 1310 g/mol. The number of phenolic OH excluding ortho intramolecular Hbond substituents is 2. The highest BCUT2D eigenvalue weighted by molar-refractivity contribution is 7.93. The molecular formula is C50H43Cl3N6O18S6. The number of halogens is 3. The SMILES string of the molecule is COS(=O)(=O)c1cc(NS(=O)(=O)c2ccc(C)cc2)c2c(O)c(N=Nc3cc(Cl)ccc3Cl)c(CS(=O)(=O)O)cc2c1.COS(=O)(=O)c1cc(NS(=O)(=O)c2ccc(C)cc2)c2c(O)c(N=Nc3cccc(Cl)c3)c(CS(=O)(=O)O)cc2c1. The normalized spacial score (nSPS) is 12.7. The van der Waals surface area contributed by atoms with Gasteiger partial charge < -0.3 is 10.2 Å². The molecule has 83 heavy (non-hydrogen) atoms. The van der Waals surface area contributed by atoms with Crippen molar-refractivity contribution < 1.29 is 78.2 Å². The van der Waals surface area contributed by atoms with E-state index in [0.717, 1.165) is 61.7 Å². The molecule has 0 spiro atoms. The predicted molar refractivity (Wildman–Crippen MR) is 310 cm³/mol. The van der Waals surface area contributed by atoms with E-state index in [-0.39, 0.29) is 69.6 Å². The first-order valence-corrected chi connectivity index (χ1v) is 33.1. The number of aromatic hydroxyl groups is 2. The number of phenols is 2. The lowest BCUT2D eigenvalue weighted by molar-refractivity contribution is 0.397. The van der Waals surface area contributed by atoms with E-state index in [1.54, 1.807) is 50.2 Å². The second-order valence-corrected chi connectivity index (χ2v) is 28.6. The van der Waals surface area contributed by atoms with Crippen LogP contribution in [0.3, 0.4) is 0 Å². The molecule has 0 fully saturated rings. The molecule has 0 unspecified atom stereocenters. The zero-order valence-electron chi connectivity index (χ0n) is 42.9. The zero-order valence-corrected chi connectivity index (χ0v) is 50.1. The molecule has 0 aliphatic rings. The van der Waals surface area contributed by atoms with E-state index in [2.05, 4.69) is 38.3 Å². The third kappa shape index (κ3) is 15.7. The van der Waals surface area contributed by atoms with E-state index in [9.17, 15) is 69.8 Å². The first kappa shape index (κ1) is 63.7. The van der Waals surface area contributed by atoms with Crippen LogP contribution >= 0.6 is 34.8 Å². The maximum Gasteiger partial charge on any atom is 0.296 e. The van der Waals surface area contributed by atoms with Crippen LogP contribution in [0.25, 0.3) is 21.5 Å². The minimum absolute atomic E-state index is 0.0447. The maximum absolute atomic E-state index is 13.3. The minimum Gasteiger partial charge on any atom is -0.505 e. The lowest BCUT2D eigenvalue weighted by Crippen LogP contribution is -2.14. The lowest BCUT2D eigenvalue weighted by Gasteiger charge is -2.16. The highest BCUT2D eigenvalue weighted by Gasteiger charge is 2.28. The molecule has 0 heterocycles. The quantitative estimate of drug-likeness (QED) is 0.0264. The monoisotopic (exact) mass is 1310 g/mol. The van der Waals surface area contributed by atoms with Crippen LogP contribution in [0.5, 0.6) is 11.5 Å². The topological polar surface area (TPSA) is 378 Å². The van der Waals surface area contributed by atoms with Gasteiger partial charge in [0.15, 0.2) is 11.5 Å². The van der Waals surface area contributed by atoms with Gasteiger partial charge in [0, 0.05) is 21.2 Å². The van der Waals surface area contributed by atoms with Gasteiger partial charge in [0.2, 0.25) is 0 Å². The Hall–Kier alpha value is -6.91. The van der Waals surface area contributed by atoms with Crippen LogP contribution in [-0.2, 0) is 80.4 Å². The molecule has 8 aromatic rings. The van der Waals surface area contributed by atoms with Crippen molar-refractivity contribution in [3.05, 3.63) is 165 Å². The maximum atomic E-state index is 13.3. The summed E-state index contributed by atoms with van der Waals surface area (Å²) in [6.45, 7) is 3.52. The molecule has 0 amide bonds. The molecule has 8 aromatic carbocycles. The van der Waals surface area contributed by atoms with Crippen LogP contribution in [0.4, 0.5) is 34.1 Å². The Morgan fingerprint density at radius 3 is 1.28 bits per heavy atom. The minimum atomic E-state index is -4.72. The van der Waals surface area contributed by atoms with Gasteiger partial charge in [-0.05, 0) is 122 Å². The summed E-state index contributed by atoms with van der Waals surface area (Å²) in [5.41, 5.74) is -0.396. The highest BCUT2D eigenvalue weighted by Crippen LogP contribution is 2.47. The molecule has 24 nitrogen and oxygen atoms in total. The number of fused-ring (bicyclic) bond motifs is 2. The Morgan fingerprint density at radius 2 is 0.880 bits per heavy atom. The number of benzene rings is 8. The molecule has 0 aliphatic heterocycles. The van der Waals surface area contributed by atoms with Crippen molar-refractivity contribution in [3.63, 3.8) is 0 Å². The van der Waals surface area contributed by atoms with Crippen LogP contribution in [-0.4, -0.2) is 84.0 Å². The number of aryl methyl sites for hydroxylation is 2. The van der Waals surface area contributed by atoms with Gasteiger partial charge in [0.05, 0.1) is 66.7 Å². The van der Waals surface area contributed by atoms with Crippen molar-refractivity contribution in [2.45, 2.75) is 44.9 Å². The van der Waals surface area contributed by atoms with Gasteiger partial charge in [-0.15, -0.1) is 15.3 Å². The van der Waals surface area contributed by atoms with E-state index in [1.807, 2.05) is 0 Å². The summed E-state index contributed by atoms with van der Waals surface area (Å²) in [4.78, 5) is -1.34. The summed E-state index contributed by atoms with van der Waals surface area (Å²) >= 11 is 18.1. The number of hydrogen-bond donors (Lipinski definition) is 6. The smallest absolute Gasteiger partial charge is 0.296 e. The Balaban J connectivity index is 0.000000239. The fourth-order valence-corrected chi connectivity index (χ4v) is 13.0. The molecule has 438 valence electrons. The van der Waals surface area contributed by atoms with Gasteiger partial charge in [-0.2, -0.15) is 38.8 Å². The van der Waals surface area contributed by atoms with Crippen molar-refractivity contribution in [3.8, 4) is 11.5 Å². The molecule has 0 aromatic heterocycles. The summed E-state index contributed by atoms with van der Waals surface area (Å²) in [6.07, 6.45) is 0. The van der Waals surface area contributed by atoms with E-state index in [0.29, 0.717) is 5.02 Å². The van der Waals surface area contributed by atoms with Crippen molar-refractivity contribution in [2.75, 3.05) is 23.7 Å². The second-order valence-electron chi connectivity index (χ2n) is 17.6. The largest absolute Gasteiger partial charge is 0.505 e. The van der Waals surface area contributed by atoms with Crippen molar-refractivity contribution in [1.29, 1.82) is 0 Å². The van der Waals surface area contributed by atoms with Gasteiger partial charge in [0.1, 0.15) is 28.6 Å². The number of azo groups is 2. The fraction of sp³-hybridized carbons (Fsp3) is 0.120. The summed E-state index contributed by atoms with van der Waals surface area (Å²) in [6, 6.07) is 28.1. The molecule has 0 radical (unpaired) electrons. The van der Waals surface area contributed by atoms with Gasteiger partial charge in [0.25, 0.3) is 60.5 Å². The van der Waals surface area contributed by atoms with E-state index < -0.39 is 110 Å². The first-order chi connectivity index (χ1) is 38.6. The molecule has 0 bridgehead atoms. The standard InChI is InChI=1S/C25H21Cl2N3O9S3.C25H22ClN3O9S3/c1-14-3-6-18(7-4-14)41(35,36)30-22-12-19(42(37,38)39-2)10-15-9-16(13-40(32,33)34)24(25(31)23(15)22)29-28-21-11-17(26)5-8-20(21)27;1-15-6-8-20(9-7-15)40(34,35)29-22-13-21(41(36,37)38-2)11-16-10-17(14-39(31,32)33)24(25(30)23(16)22)28-27-19-5-3-4-18(26)12-19/h3-12,30-31H,13H2,1-2H3,(H,32,33,34);3-13,29-30H,14H2,1-2H3,(H,31,32,33). The molecule has 0 atom stereocenters. The third-order valence-corrected chi connectivity index (χ3v) is 19.0. The van der Waals surface area contributed by atoms with Gasteiger partial charge in [-0.1, -0.05) is 76.3 Å². The number of hydrogen-bond acceptors (Lipinski definition) is 20. The van der Waals surface area contributed by atoms with Crippen molar-refractivity contribution >= 4 is 151 Å². The van der Waals surface area contributed by atoms with Gasteiger partial charge >= 0.3 is 0 Å². The van der Waals surface area contributed by atoms with Crippen molar-refractivity contribution in [2.24, 2.45) is 20.5 Å². The highest BCUT2D eigenvalue weighted by atomic mass is 35.5. The van der Waals surface area contributed by atoms with E-state index in [4.69, 9.17) is 34.8 Å². The van der Waals surface area contributed by atoms with Crippen LogP contribution in [0, 0.1) is 13.8 Å². The molecule has 0 saturated carbocycles. The second kappa shape index (κ2) is 24.7. The Labute approximate surface area is 490 Å². The van der Waals surface area contributed by atoms with Gasteiger partial charge in [-0.3, -0.25) is 26.9 Å². The molecular weight excluding hydrogens is 1270 g/mol. The van der Waals surface area contributed by atoms with Crippen molar-refractivity contribution in [1.82, 2.24) is 0 Å². The van der Waals surface area contributed by atoms with E-state index >= 15 is 0 Å². The molecule has 8 rings (SSSR count). The summed E-state index contributed by atoms with van der Waals surface area (Å²) in [5.74, 6) is -3.63. The van der Waals surface area contributed by atoms with Crippen LogP contribution in [0.1, 0.15) is 22.3 Å². The number of nitrogens with one attached hydrogen (secondary N) is 2. The Morgan fingerprint density at radius 1 is 0.470 bits per heavy atom. The number of nitrogens with zero attached hydrogens (tertiary/aromatic N) is 4. The van der Waals surface area contributed by atoms with E-state index in [1.165, 1.54) is 54.6 Å². The van der Waals surface area contributed by atoms with Gasteiger partial charge in [-0.25, -0.2) is 16.8 Å². The average Bonchev–Trinajstić information content (AvgIpc) is 3.59. The lowest BCUT2D eigenvalue weighted by atomic mass is 10.0. The Bertz CT molecular complexity index is 4680. The first-order valence-electron chi connectivity index (χ1n) is 23.0. The molecule has 33 heteroatoms. The molecule has 6 N–H and O–H groups in total. The van der Waals surface area contributed by atoms with Crippen LogP contribution in [0.15, 0.2) is 167 Å². The third-order valence-electron chi connectivity index (χ3n) is 11.6. The fourth-order valence-electron chi connectivity index (χ4n) is 7.72. The Kier molecular flexibility index (Phi) is 19.0. The van der Waals surface area contributed by atoms with Crippen LogP contribution in [0.2, 0.25) is 15.1 Å². The molecule has 0 saturated heterocycles. The summed E-state index contributed by atoms with van der Waals surface area (Å²) < 4.78 is 183. The summed E-state index contributed by atoms with van der Waals surface area (Å²) in [5, 5.41) is 38.5.